The Hall–Kier alpha value is -1.69. The van der Waals surface area contributed by atoms with Gasteiger partial charge in [0.2, 0.25) is 5.95 Å². The summed E-state index contributed by atoms with van der Waals surface area (Å²) in [6.45, 7) is 6.95. The van der Waals surface area contributed by atoms with Crippen molar-refractivity contribution in [1.82, 2.24) is 14.9 Å². The molecule has 2 rings (SSSR count). The van der Waals surface area contributed by atoms with Crippen LogP contribution in [0.15, 0.2) is 6.20 Å². The largest absolute Gasteiger partial charge is 0.478 e. The monoisotopic (exact) mass is 278 g/mol. The number of anilines is 1. The van der Waals surface area contributed by atoms with Gasteiger partial charge in [0.1, 0.15) is 0 Å². The zero-order valence-electron chi connectivity index (χ0n) is 12.1. The molecule has 0 amide bonds. The molecule has 1 unspecified atom stereocenters. The van der Waals surface area contributed by atoms with Gasteiger partial charge in [0.05, 0.1) is 11.3 Å². The molecule has 0 aromatic carbocycles. The fourth-order valence-electron chi connectivity index (χ4n) is 2.49. The van der Waals surface area contributed by atoms with Crippen LogP contribution in [0.25, 0.3) is 0 Å². The van der Waals surface area contributed by atoms with Crippen molar-refractivity contribution >= 4 is 11.9 Å². The van der Waals surface area contributed by atoms with Crippen molar-refractivity contribution in [2.24, 2.45) is 0 Å². The number of aryl methyl sites for hydroxylation is 1. The summed E-state index contributed by atoms with van der Waals surface area (Å²) in [6.07, 6.45) is 5.23. The second-order valence-electron chi connectivity index (χ2n) is 5.32. The van der Waals surface area contributed by atoms with Crippen molar-refractivity contribution in [3.05, 3.63) is 17.5 Å². The number of nitrogens with zero attached hydrogens (tertiary/aromatic N) is 3. The molecular weight excluding hydrogens is 256 g/mol. The number of piperidine rings is 1. The molecule has 1 aliphatic rings. The number of carboxylic acids is 1. The Balaban J connectivity index is 1.90. The minimum atomic E-state index is -0.990. The van der Waals surface area contributed by atoms with E-state index in [1.807, 2.05) is 0 Å². The van der Waals surface area contributed by atoms with Crippen LogP contribution in [-0.4, -0.2) is 51.6 Å². The van der Waals surface area contributed by atoms with E-state index in [0.29, 0.717) is 17.7 Å². The van der Waals surface area contributed by atoms with Gasteiger partial charge in [0.25, 0.3) is 0 Å². The Morgan fingerprint density at radius 3 is 2.75 bits per heavy atom. The minimum absolute atomic E-state index is 0.152. The average Bonchev–Trinajstić information content (AvgIpc) is 2.45. The summed E-state index contributed by atoms with van der Waals surface area (Å²) < 4.78 is 0. The van der Waals surface area contributed by atoms with Crippen LogP contribution in [0, 0.1) is 6.92 Å². The molecule has 1 fully saturated rings. The molecule has 0 saturated carbocycles. The second kappa shape index (κ2) is 6.65. The molecule has 1 aromatic rings. The summed E-state index contributed by atoms with van der Waals surface area (Å²) in [6, 6.07) is 0.429. The summed E-state index contributed by atoms with van der Waals surface area (Å²) in [5.74, 6) is -0.493. The first-order chi connectivity index (χ1) is 9.58. The van der Waals surface area contributed by atoms with E-state index in [2.05, 4.69) is 27.1 Å². The van der Waals surface area contributed by atoms with Crippen molar-refractivity contribution in [2.45, 2.75) is 39.2 Å². The van der Waals surface area contributed by atoms with Gasteiger partial charge in [0.15, 0.2) is 0 Å². The lowest BCUT2D eigenvalue weighted by molar-refractivity contribution is 0.0695. The number of carboxylic acid groups (broad SMARTS) is 1. The molecule has 2 heterocycles. The number of hydrogen-bond donors (Lipinski definition) is 2. The van der Waals surface area contributed by atoms with Gasteiger partial charge in [-0.2, -0.15) is 0 Å². The Labute approximate surface area is 119 Å². The average molecular weight is 278 g/mol. The van der Waals surface area contributed by atoms with Gasteiger partial charge in [0, 0.05) is 18.8 Å². The van der Waals surface area contributed by atoms with Gasteiger partial charge in [-0.25, -0.2) is 14.8 Å². The second-order valence-corrected chi connectivity index (χ2v) is 5.32. The predicted octanol–water partition coefficient (Wildman–Crippen LogP) is 1.77. The molecule has 1 aromatic heterocycles. The van der Waals surface area contributed by atoms with Crippen molar-refractivity contribution in [1.29, 1.82) is 0 Å². The molecule has 2 N–H and O–H groups in total. The van der Waals surface area contributed by atoms with Crippen LogP contribution < -0.4 is 5.32 Å². The van der Waals surface area contributed by atoms with Crippen LogP contribution in [0.3, 0.4) is 0 Å². The summed E-state index contributed by atoms with van der Waals surface area (Å²) in [4.78, 5) is 21.6. The van der Waals surface area contributed by atoms with Gasteiger partial charge in [-0.3, -0.25) is 4.90 Å². The molecule has 0 spiro atoms. The smallest absolute Gasteiger partial charge is 0.339 e. The first-order valence-corrected chi connectivity index (χ1v) is 7.13. The number of hydrogen-bond acceptors (Lipinski definition) is 5. The first-order valence-electron chi connectivity index (χ1n) is 7.13. The van der Waals surface area contributed by atoms with Gasteiger partial charge in [-0.1, -0.05) is 6.42 Å². The molecule has 0 bridgehead atoms. The highest BCUT2D eigenvalue weighted by Crippen LogP contribution is 2.13. The predicted molar refractivity (Wildman–Crippen MR) is 77.1 cm³/mol. The van der Waals surface area contributed by atoms with Gasteiger partial charge in [-0.05, 0) is 39.8 Å². The Kier molecular flexibility index (Phi) is 4.89. The summed E-state index contributed by atoms with van der Waals surface area (Å²) in [5, 5.41) is 12.1. The van der Waals surface area contributed by atoms with E-state index in [4.69, 9.17) is 5.11 Å². The van der Waals surface area contributed by atoms with Crippen molar-refractivity contribution < 1.29 is 9.90 Å². The standard InChI is InChI=1S/C14H22N4O2/c1-10(18-6-4-3-5-7-18)8-15-14-16-9-12(13(19)20)11(2)17-14/h9-10H,3-8H2,1-2H3,(H,19,20)(H,15,16,17). The van der Waals surface area contributed by atoms with Crippen molar-refractivity contribution in [3.63, 3.8) is 0 Å². The van der Waals surface area contributed by atoms with Crippen LogP contribution in [0.5, 0.6) is 0 Å². The van der Waals surface area contributed by atoms with E-state index in [-0.39, 0.29) is 5.56 Å². The van der Waals surface area contributed by atoms with Gasteiger partial charge < -0.3 is 10.4 Å². The SMILES string of the molecule is Cc1nc(NCC(C)N2CCCCC2)ncc1C(=O)O. The normalized spacial score (nSPS) is 17.7. The number of aromatic nitrogens is 2. The van der Waals surface area contributed by atoms with Crippen LogP contribution in [-0.2, 0) is 0 Å². The third-order valence-corrected chi connectivity index (χ3v) is 3.78. The summed E-state index contributed by atoms with van der Waals surface area (Å²) in [7, 11) is 0. The number of rotatable bonds is 5. The fraction of sp³-hybridized carbons (Fsp3) is 0.643. The quantitative estimate of drug-likeness (QED) is 0.854. The maximum absolute atomic E-state index is 10.9. The number of aromatic carboxylic acids is 1. The molecule has 6 nitrogen and oxygen atoms in total. The van der Waals surface area contributed by atoms with Crippen LogP contribution in [0.2, 0.25) is 0 Å². The number of nitrogens with one attached hydrogen (secondary N) is 1. The van der Waals surface area contributed by atoms with Crippen LogP contribution in [0.4, 0.5) is 5.95 Å². The lowest BCUT2D eigenvalue weighted by atomic mass is 10.1. The summed E-state index contributed by atoms with van der Waals surface area (Å²) >= 11 is 0. The molecule has 1 aliphatic heterocycles. The molecule has 110 valence electrons. The first kappa shape index (κ1) is 14.7. The van der Waals surface area contributed by atoms with E-state index in [9.17, 15) is 4.79 Å². The Bertz CT molecular complexity index is 472. The van der Waals surface area contributed by atoms with Crippen molar-refractivity contribution in [3.8, 4) is 0 Å². The Morgan fingerprint density at radius 1 is 1.45 bits per heavy atom. The summed E-state index contributed by atoms with van der Waals surface area (Å²) in [5.41, 5.74) is 0.639. The molecule has 20 heavy (non-hydrogen) atoms. The third kappa shape index (κ3) is 3.66. The fourth-order valence-corrected chi connectivity index (χ4v) is 2.49. The van der Waals surface area contributed by atoms with E-state index in [0.717, 1.165) is 19.6 Å². The lowest BCUT2D eigenvalue weighted by Crippen LogP contribution is -2.41. The maximum atomic E-state index is 10.9. The highest BCUT2D eigenvalue weighted by Gasteiger charge is 2.17. The third-order valence-electron chi connectivity index (χ3n) is 3.78. The van der Waals surface area contributed by atoms with Crippen molar-refractivity contribution in [2.75, 3.05) is 25.0 Å². The minimum Gasteiger partial charge on any atom is -0.478 e. The molecule has 1 atom stereocenters. The maximum Gasteiger partial charge on any atom is 0.339 e. The number of likely N-dealkylation sites (tertiary alicyclic amines) is 1. The van der Waals surface area contributed by atoms with E-state index < -0.39 is 5.97 Å². The zero-order chi connectivity index (χ0) is 14.5. The van der Waals surface area contributed by atoms with Crippen LogP contribution in [0.1, 0.15) is 42.2 Å². The lowest BCUT2D eigenvalue weighted by Gasteiger charge is -2.32. The molecule has 1 saturated heterocycles. The molecule has 6 heteroatoms. The van der Waals surface area contributed by atoms with E-state index >= 15 is 0 Å². The molecule has 0 radical (unpaired) electrons. The highest BCUT2D eigenvalue weighted by molar-refractivity contribution is 5.88. The Morgan fingerprint density at radius 2 is 2.15 bits per heavy atom. The van der Waals surface area contributed by atoms with E-state index in [1.54, 1.807) is 6.92 Å². The van der Waals surface area contributed by atoms with Gasteiger partial charge in [-0.15, -0.1) is 0 Å². The molecular formula is C14H22N4O2. The zero-order valence-corrected chi connectivity index (χ0v) is 12.1. The van der Waals surface area contributed by atoms with E-state index in [1.165, 1.54) is 25.5 Å². The molecule has 0 aliphatic carbocycles. The highest BCUT2D eigenvalue weighted by atomic mass is 16.4. The van der Waals surface area contributed by atoms with Crippen LogP contribution >= 0.6 is 0 Å². The topological polar surface area (TPSA) is 78.4 Å². The number of carbonyl (C=O) groups is 1. The van der Waals surface area contributed by atoms with Gasteiger partial charge >= 0.3 is 5.97 Å².